The number of allylic oxidation sites excluding steroid dienone is 8. The third-order valence-corrected chi connectivity index (χ3v) is 2.89. The Morgan fingerprint density at radius 3 is 1.42 bits per heavy atom. The number of unbranched alkanes of at least 4 members (excludes halogenated alkanes) is 4. The monoisotopic (exact) mass is 260 g/mol. The van der Waals surface area contributed by atoms with Gasteiger partial charge in [0.05, 0.1) is 0 Å². The van der Waals surface area contributed by atoms with E-state index in [4.69, 9.17) is 0 Å². The third-order valence-electron chi connectivity index (χ3n) is 2.89. The van der Waals surface area contributed by atoms with Gasteiger partial charge in [0.2, 0.25) is 0 Å². The van der Waals surface area contributed by atoms with Gasteiger partial charge in [-0.1, -0.05) is 81.7 Å². The van der Waals surface area contributed by atoms with Crippen LogP contribution in [0.5, 0.6) is 0 Å². The van der Waals surface area contributed by atoms with Gasteiger partial charge in [-0.15, -0.1) is 0 Å². The summed E-state index contributed by atoms with van der Waals surface area (Å²) in [5, 5.41) is 0. The fraction of sp³-hybridized carbons (Fsp3) is 0.579. The molecule has 0 saturated carbocycles. The molecular weight excluding hydrogens is 228 g/mol. The molecule has 0 radical (unpaired) electrons. The van der Waals surface area contributed by atoms with Crippen molar-refractivity contribution in [2.24, 2.45) is 0 Å². The second-order valence-corrected chi connectivity index (χ2v) is 4.87. The fourth-order valence-electron chi connectivity index (χ4n) is 1.69. The summed E-state index contributed by atoms with van der Waals surface area (Å²) in [5.74, 6) is 0. The zero-order chi connectivity index (χ0) is 14.0. The first-order valence-corrected chi connectivity index (χ1v) is 8.01. The maximum absolute atomic E-state index is 2.30. The lowest BCUT2D eigenvalue weighted by Crippen LogP contribution is -1.68. The van der Waals surface area contributed by atoms with E-state index >= 15 is 0 Å². The first kappa shape index (κ1) is 18.0. The van der Waals surface area contributed by atoms with Gasteiger partial charge in [0.25, 0.3) is 0 Å². The fourth-order valence-corrected chi connectivity index (χ4v) is 1.69. The molecule has 0 atom stereocenters. The van der Waals surface area contributed by atoms with E-state index in [1.54, 1.807) is 0 Å². The highest BCUT2D eigenvalue weighted by Crippen LogP contribution is 1.99. The Bertz CT molecular complexity index is 266. The van der Waals surface area contributed by atoms with Crippen LogP contribution in [0.3, 0.4) is 0 Å². The summed E-state index contributed by atoms with van der Waals surface area (Å²) in [6.07, 6.45) is 29.0. The molecule has 0 aliphatic carbocycles. The molecule has 0 bridgehead atoms. The Labute approximate surface area is 121 Å². The Hall–Kier alpha value is -1.04. The molecular formula is C19H32. The van der Waals surface area contributed by atoms with Crippen LogP contribution in [0.2, 0.25) is 0 Å². The molecule has 0 aromatic rings. The normalized spacial score (nSPS) is 12.7. The van der Waals surface area contributed by atoms with Gasteiger partial charge in [-0.05, 0) is 38.5 Å². The lowest BCUT2D eigenvalue weighted by molar-refractivity contribution is 0.813. The summed E-state index contributed by atoms with van der Waals surface area (Å²) in [6.45, 7) is 4.45. The minimum absolute atomic E-state index is 1.09. The summed E-state index contributed by atoms with van der Waals surface area (Å²) in [4.78, 5) is 0. The van der Waals surface area contributed by atoms with Gasteiger partial charge < -0.3 is 0 Å². The Kier molecular flexibility index (Phi) is 16.0. The van der Waals surface area contributed by atoms with E-state index < -0.39 is 0 Å². The van der Waals surface area contributed by atoms with E-state index in [2.05, 4.69) is 62.5 Å². The standard InChI is InChI=1S/C19H32/c1-3-5-7-9-11-13-15-17-19-18-16-14-12-10-8-6-4-2/h7,9-10,12-13,15-16,18H,3-6,8,11,14,17,19H2,1-2H3/b9-7+,12-10+,15-13+,18-16+. The van der Waals surface area contributed by atoms with Crippen LogP contribution >= 0.6 is 0 Å². The molecule has 0 unspecified atom stereocenters. The zero-order valence-electron chi connectivity index (χ0n) is 13.0. The summed E-state index contributed by atoms with van der Waals surface area (Å²) >= 11 is 0. The van der Waals surface area contributed by atoms with Crippen molar-refractivity contribution in [2.75, 3.05) is 0 Å². The van der Waals surface area contributed by atoms with Crippen molar-refractivity contribution in [1.82, 2.24) is 0 Å². The Morgan fingerprint density at radius 1 is 0.474 bits per heavy atom. The Balaban J connectivity index is 3.33. The molecule has 0 aromatic carbocycles. The smallest absolute Gasteiger partial charge is 0.0169 e. The van der Waals surface area contributed by atoms with Crippen molar-refractivity contribution in [3.05, 3.63) is 48.6 Å². The predicted molar refractivity (Wildman–Crippen MR) is 89.5 cm³/mol. The lowest BCUT2D eigenvalue weighted by atomic mass is 10.2. The van der Waals surface area contributed by atoms with Crippen LogP contribution < -0.4 is 0 Å². The maximum atomic E-state index is 2.30. The van der Waals surface area contributed by atoms with Crippen molar-refractivity contribution >= 4 is 0 Å². The second-order valence-electron chi connectivity index (χ2n) is 4.87. The summed E-state index contributed by atoms with van der Waals surface area (Å²) in [7, 11) is 0. The number of hydrogen-bond donors (Lipinski definition) is 0. The van der Waals surface area contributed by atoms with Gasteiger partial charge in [0.15, 0.2) is 0 Å². The molecule has 0 heterocycles. The van der Waals surface area contributed by atoms with Crippen LogP contribution in [0.15, 0.2) is 48.6 Å². The number of rotatable bonds is 12. The van der Waals surface area contributed by atoms with Gasteiger partial charge in [-0.2, -0.15) is 0 Å². The molecule has 0 aliphatic heterocycles. The van der Waals surface area contributed by atoms with Gasteiger partial charge in [0, 0.05) is 0 Å². The van der Waals surface area contributed by atoms with Crippen LogP contribution in [0.25, 0.3) is 0 Å². The first-order chi connectivity index (χ1) is 9.41. The topological polar surface area (TPSA) is 0 Å². The van der Waals surface area contributed by atoms with Crippen LogP contribution in [0, 0.1) is 0 Å². The maximum Gasteiger partial charge on any atom is -0.0169 e. The van der Waals surface area contributed by atoms with E-state index in [1.807, 2.05) is 0 Å². The average Bonchev–Trinajstić information content (AvgIpc) is 2.43. The molecule has 0 N–H and O–H groups in total. The van der Waals surface area contributed by atoms with E-state index in [9.17, 15) is 0 Å². The first-order valence-electron chi connectivity index (χ1n) is 8.01. The molecule has 0 saturated heterocycles. The molecule has 0 amide bonds. The highest BCUT2D eigenvalue weighted by atomic mass is 13.9. The highest BCUT2D eigenvalue weighted by molar-refractivity contribution is 4.96. The zero-order valence-corrected chi connectivity index (χ0v) is 13.0. The van der Waals surface area contributed by atoms with E-state index in [-0.39, 0.29) is 0 Å². The highest BCUT2D eigenvalue weighted by Gasteiger charge is 1.79. The number of hydrogen-bond acceptors (Lipinski definition) is 0. The van der Waals surface area contributed by atoms with Gasteiger partial charge in [0.1, 0.15) is 0 Å². The van der Waals surface area contributed by atoms with Crippen molar-refractivity contribution in [1.29, 1.82) is 0 Å². The van der Waals surface area contributed by atoms with Gasteiger partial charge in [-0.3, -0.25) is 0 Å². The van der Waals surface area contributed by atoms with Crippen LogP contribution in [-0.4, -0.2) is 0 Å². The quantitative estimate of drug-likeness (QED) is 0.268. The second kappa shape index (κ2) is 17.0. The molecule has 0 spiro atoms. The molecule has 0 fully saturated rings. The molecule has 19 heavy (non-hydrogen) atoms. The van der Waals surface area contributed by atoms with Crippen molar-refractivity contribution < 1.29 is 0 Å². The van der Waals surface area contributed by atoms with E-state index in [0.717, 1.165) is 25.7 Å². The molecule has 0 aromatic heterocycles. The molecule has 108 valence electrons. The minimum Gasteiger partial charge on any atom is -0.0882 e. The summed E-state index contributed by atoms with van der Waals surface area (Å²) in [6, 6.07) is 0. The van der Waals surface area contributed by atoms with Crippen molar-refractivity contribution in [2.45, 2.75) is 71.6 Å². The van der Waals surface area contributed by atoms with Crippen LogP contribution in [-0.2, 0) is 0 Å². The summed E-state index contributed by atoms with van der Waals surface area (Å²) < 4.78 is 0. The Morgan fingerprint density at radius 2 is 0.947 bits per heavy atom. The van der Waals surface area contributed by atoms with Gasteiger partial charge in [-0.25, -0.2) is 0 Å². The van der Waals surface area contributed by atoms with Crippen LogP contribution in [0.4, 0.5) is 0 Å². The lowest BCUT2D eigenvalue weighted by Gasteiger charge is -1.89. The third kappa shape index (κ3) is 17.0. The van der Waals surface area contributed by atoms with Crippen molar-refractivity contribution in [3.63, 3.8) is 0 Å². The minimum atomic E-state index is 1.09. The van der Waals surface area contributed by atoms with E-state index in [0.29, 0.717) is 0 Å². The molecule has 0 heteroatoms. The van der Waals surface area contributed by atoms with Crippen LogP contribution in [0.1, 0.15) is 71.6 Å². The van der Waals surface area contributed by atoms with Gasteiger partial charge >= 0.3 is 0 Å². The van der Waals surface area contributed by atoms with Crippen molar-refractivity contribution in [3.8, 4) is 0 Å². The molecule has 0 rings (SSSR count). The summed E-state index contributed by atoms with van der Waals surface area (Å²) in [5.41, 5.74) is 0. The SMILES string of the molecule is CCC/C=C/C/C=C/CC/C=C/C/C=C/CCCC. The molecule has 0 nitrogen and oxygen atoms in total. The van der Waals surface area contributed by atoms with E-state index in [1.165, 1.54) is 32.1 Å². The molecule has 0 aliphatic rings. The predicted octanol–water partition coefficient (Wildman–Crippen LogP) is 6.76. The average molecular weight is 260 g/mol. The largest absolute Gasteiger partial charge is 0.0882 e.